The topological polar surface area (TPSA) is 66.8 Å². The smallest absolute Gasteiger partial charge is 0.337 e. The number of halogens is 1. The van der Waals surface area contributed by atoms with E-state index in [2.05, 4.69) is 0 Å². The van der Waals surface area contributed by atoms with Crippen molar-refractivity contribution in [3.8, 4) is 0 Å². The zero-order valence-corrected chi connectivity index (χ0v) is 10.5. The lowest BCUT2D eigenvalue weighted by molar-refractivity contribution is -0.125. The minimum atomic E-state index is -1.08. The van der Waals surface area contributed by atoms with Crippen molar-refractivity contribution in [1.29, 1.82) is 0 Å². The van der Waals surface area contributed by atoms with E-state index in [4.69, 9.17) is 16.3 Å². The van der Waals surface area contributed by atoms with Crippen LogP contribution in [-0.4, -0.2) is 36.7 Å². The maximum absolute atomic E-state index is 11.8. The van der Waals surface area contributed by atoms with Gasteiger partial charge in [0.15, 0.2) is 0 Å². The highest BCUT2D eigenvalue weighted by Crippen LogP contribution is 2.31. The molecule has 96 valence electrons. The minimum Gasteiger partial charge on any atom is -0.478 e. The van der Waals surface area contributed by atoms with Crippen LogP contribution in [0.1, 0.15) is 15.9 Å². The Morgan fingerprint density at radius 1 is 1.50 bits per heavy atom. The largest absolute Gasteiger partial charge is 0.478 e. The lowest BCUT2D eigenvalue weighted by Crippen LogP contribution is -2.42. The first-order chi connectivity index (χ1) is 8.52. The highest BCUT2D eigenvalue weighted by molar-refractivity contribution is 6.32. The number of nitrogens with zero attached hydrogens (tertiary/aromatic N) is 1. The van der Waals surface area contributed by atoms with Crippen LogP contribution in [0, 0.1) is 6.92 Å². The molecule has 1 saturated heterocycles. The molecular weight excluding hydrogens is 258 g/mol. The molecule has 1 amide bonds. The molecule has 0 aliphatic carbocycles. The summed E-state index contributed by atoms with van der Waals surface area (Å²) in [5, 5.41) is 9.62. The van der Waals surface area contributed by atoms with E-state index < -0.39 is 5.97 Å². The number of carboxylic acids is 1. The number of carboxylic acid groups (broad SMARTS) is 1. The molecule has 1 aromatic carbocycles. The van der Waals surface area contributed by atoms with E-state index in [0.29, 0.717) is 29.4 Å². The third-order valence-electron chi connectivity index (χ3n) is 2.85. The van der Waals surface area contributed by atoms with Gasteiger partial charge in [0.2, 0.25) is 0 Å². The number of anilines is 1. The van der Waals surface area contributed by atoms with Crippen LogP contribution in [0.2, 0.25) is 5.02 Å². The van der Waals surface area contributed by atoms with Gasteiger partial charge < -0.3 is 14.7 Å². The van der Waals surface area contributed by atoms with Gasteiger partial charge in [-0.05, 0) is 24.6 Å². The molecule has 1 aliphatic heterocycles. The van der Waals surface area contributed by atoms with Gasteiger partial charge in [-0.2, -0.15) is 0 Å². The second-order valence-corrected chi connectivity index (χ2v) is 4.38. The van der Waals surface area contributed by atoms with Crippen LogP contribution in [0.15, 0.2) is 12.1 Å². The summed E-state index contributed by atoms with van der Waals surface area (Å²) < 4.78 is 5.03. The van der Waals surface area contributed by atoms with Crippen molar-refractivity contribution in [3.63, 3.8) is 0 Å². The van der Waals surface area contributed by atoms with Crippen LogP contribution in [0.3, 0.4) is 0 Å². The first-order valence-electron chi connectivity index (χ1n) is 5.43. The Bertz CT molecular complexity index is 515. The van der Waals surface area contributed by atoms with E-state index in [1.165, 1.54) is 17.0 Å². The Morgan fingerprint density at radius 2 is 2.22 bits per heavy atom. The molecule has 2 rings (SSSR count). The fourth-order valence-electron chi connectivity index (χ4n) is 1.95. The quantitative estimate of drug-likeness (QED) is 0.888. The van der Waals surface area contributed by atoms with Crippen molar-refractivity contribution >= 4 is 29.2 Å². The Balaban J connectivity index is 2.56. The lowest BCUT2D eigenvalue weighted by Gasteiger charge is -2.29. The number of carbonyl (C=O) groups excluding carboxylic acids is 1. The zero-order valence-electron chi connectivity index (χ0n) is 9.77. The zero-order chi connectivity index (χ0) is 13.3. The van der Waals surface area contributed by atoms with Crippen LogP contribution in [-0.2, 0) is 9.53 Å². The Kier molecular flexibility index (Phi) is 3.54. The van der Waals surface area contributed by atoms with Gasteiger partial charge in [-0.25, -0.2) is 4.79 Å². The van der Waals surface area contributed by atoms with Gasteiger partial charge in [0.25, 0.3) is 5.91 Å². The van der Waals surface area contributed by atoms with Crippen LogP contribution >= 0.6 is 11.6 Å². The molecule has 1 aromatic rings. The molecule has 0 saturated carbocycles. The second-order valence-electron chi connectivity index (χ2n) is 3.97. The number of hydrogen-bond acceptors (Lipinski definition) is 3. The summed E-state index contributed by atoms with van der Waals surface area (Å²) in [6.45, 7) is 2.38. The molecule has 1 fully saturated rings. The van der Waals surface area contributed by atoms with E-state index in [0.717, 1.165) is 0 Å². The standard InChI is InChI=1S/C12H12ClNO4/c1-7-9(13)3-2-8(12(16)17)11(7)14-4-5-18-6-10(14)15/h2-3H,4-6H2,1H3,(H,16,17). The predicted molar refractivity (Wildman–Crippen MR) is 66.3 cm³/mol. The van der Waals surface area contributed by atoms with Crippen molar-refractivity contribution in [2.45, 2.75) is 6.92 Å². The maximum Gasteiger partial charge on any atom is 0.337 e. The molecule has 1 aliphatic rings. The average Bonchev–Trinajstić information content (AvgIpc) is 2.33. The Morgan fingerprint density at radius 3 is 2.83 bits per heavy atom. The van der Waals surface area contributed by atoms with Gasteiger partial charge in [-0.15, -0.1) is 0 Å². The minimum absolute atomic E-state index is 0.0367. The summed E-state index contributed by atoms with van der Waals surface area (Å²) in [7, 11) is 0. The molecule has 0 aromatic heterocycles. The fraction of sp³-hybridized carbons (Fsp3) is 0.333. The van der Waals surface area contributed by atoms with Crippen LogP contribution in [0.4, 0.5) is 5.69 Å². The molecule has 6 heteroatoms. The van der Waals surface area contributed by atoms with Crippen molar-refractivity contribution < 1.29 is 19.4 Å². The number of benzene rings is 1. The first-order valence-corrected chi connectivity index (χ1v) is 5.80. The summed E-state index contributed by atoms with van der Waals surface area (Å²) >= 11 is 6.00. The number of morpholine rings is 1. The van der Waals surface area contributed by atoms with Gasteiger partial charge >= 0.3 is 5.97 Å². The van der Waals surface area contributed by atoms with Crippen molar-refractivity contribution in [2.75, 3.05) is 24.7 Å². The van der Waals surface area contributed by atoms with Gasteiger partial charge in [0.1, 0.15) is 6.61 Å². The number of carbonyl (C=O) groups is 2. The molecule has 5 nitrogen and oxygen atoms in total. The Labute approximate surface area is 109 Å². The molecule has 0 radical (unpaired) electrons. The second kappa shape index (κ2) is 4.96. The van der Waals surface area contributed by atoms with Gasteiger partial charge in [0.05, 0.1) is 17.9 Å². The van der Waals surface area contributed by atoms with Crippen LogP contribution < -0.4 is 4.90 Å². The average molecular weight is 270 g/mol. The molecule has 18 heavy (non-hydrogen) atoms. The van der Waals surface area contributed by atoms with Gasteiger partial charge in [-0.1, -0.05) is 11.6 Å². The summed E-state index contributed by atoms with van der Waals surface area (Å²) in [5.74, 6) is -1.34. The van der Waals surface area contributed by atoms with Gasteiger partial charge in [0, 0.05) is 11.6 Å². The fourth-order valence-corrected chi connectivity index (χ4v) is 2.10. The molecular formula is C12H12ClNO4. The highest BCUT2D eigenvalue weighted by Gasteiger charge is 2.27. The third-order valence-corrected chi connectivity index (χ3v) is 3.26. The molecule has 0 spiro atoms. The summed E-state index contributed by atoms with van der Waals surface area (Å²) in [6, 6.07) is 2.94. The van der Waals surface area contributed by atoms with E-state index in [9.17, 15) is 14.7 Å². The SMILES string of the molecule is Cc1c(Cl)ccc(C(=O)O)c1N1CCOCC1=O. The number of hydrogen-bond donors (Lipinski definition) is 1. The molecule has 1 heterocycles. The number of aromatic carboxylic acids is 1. The Hall–Kier alpha value is -1.59. The summed E-state index contributed by atoms with van der Waals surface area (Å²) in [5.41, 5.74) is 1.03. The number of ether oxygens (including phenoxy) is 1. The highest BCUT2D eigenvalue weighted by atomic mass is 35.5. The number of rotatable bonds is 2. The molecule has 0 bridgehead atoms. The molecule has 0 unspecified atom stereocenters. The van der Waals surface area contributed by atoms with E-state index in [-0.39, 0.29) is 18.1 Å². The van der Waals surface area contributed by atoms with Gasteiger partial charge in [-0.3, -0.25) is 4.79 Å². The predicted octanol–water partition coefficient (Wildman–Crippen LogP) is 1.71. The first kappa shape index (κ1) is 12.9. The summed E-state index contributed by atoms with van der Waals surface area (Å²) in [6.07, 6.45) is 0. The van der Waals surface area contributed by atoms with E-state index >= 15 is 0 Å². The van der Waals surface area contributed by atoms with Crippen molar-refractivity contribution in [2.24, 2.45) is 0 Å². The molecule has 1 N–H and O–H groups in total. The van der Waals surface area contributed by atoms with Crippen molar-refractivity contribution in [1.82, 2.24) is 0 Å². The van der Waals surface area contributed by atoms with Crippen molar-refractivity contribution in [3.05, 3.63) is 28.3 Å². The normalized spacial score (nSPS) is 15.9. The lowest BCUT2D eigenvalue weighted by atomic mass is 10.1. The monoisotopic (exact) mass is 269 g/mol. The van der Waals surface area contributed by atoms with Crippen LogP contribution in [0.25, 0.3) is 0 Å². The van der Waals surface area contributed by atoms with Crippen LogP contribution in [0.5, 0.6) is 0 Å². The molecule has 0 atom stereocenters. The summed E-state index contributed by atoms with van der Waals surface area (Å²) in [4.78, 5) is 24.4. The number of amides is 1. The van der Waals surface area contributed by atoms with E-state index in [1.807, 2.05) is 0 Å². The van der Waals surface area contributed by atoms with E-state index in [1.54, 1.807) is 6.92 Å². The maximum atomic E-state index is 11.8. The third kappa shape index (κ3) is 2.19.